The Labute approximate surface area is 169 Å². The van der Waals surface area contributed by atoms with Crippen molar-refractivity contribution in [3.63, 3.8) is 0 Å². The van der Waals surface area contributed by atoms with Crippen molar-refractivity contribution < 1.29 is 14.0 Å². The summed E-state index contributed by atoms with van der Waals surface area (Å²) in [6, 6.07) is 19.6. The molecule has 0 heterocycles. The van der Waals surface area contributed by atoms with E-state index in [1.54, 1.807) is 11.9 Å². The third kappa shape index (κ3) is 5.86. The molecule has 0 fully saturated rings. The Morgan fingerprint density at radius 2 is 1.59 bits per heavy atom. The van der Waals surface area contributed by atoms with Gasteiger partial charge < -0.3 is 10.6 Å². The number of hydrogen-bond acceptors (Lipinski definition) is 3. The normalized spacial score (nSPS) is 12.0. The highest BCUT2D eigenvalue weighted by Gasteiger charge is 2.14. The van der Waals surface area contributed by atoms with E-state index >= 15 is 0 Å². The van der Waals surface area contributed by atoms with Crippen LogP contribution in [0.2, 0.25) is 0 Å². The molecule has 0 radical (unpaired) electrons. The van der Waals surface area contributed by atoms with E-state index in [1.807, 2.05) is 43.3 Å². The molecule has 0 aliphatic rings. The van der Waals surface area contributed by atoms with Gasteiger partial charge in [-0.1, -0.05) is 36.4 Å². The number of hydrogen-bond donors (Lipinski definition) is 2. The van der Waals surface area contributed by atoms with Crippen molar-refractivity contribution in [2.45, 2.75) is 13.0 Å². The van der Waals surface area contributed by atoms with Gasteiger partial charge in [-0.2, -0.15) is 0 Å². The summed E-state index contributed by atoms with van der Waals surface area (Å²) in [6.07, 6.45) is 0. The Balaban J connectivity index is 1.49. The number of amides is 2. The lowest BCUT2D eigenvalue weighted by Gasteiger charge is -2.19. The minimum atomic E-state index is -0.364. The zero-order valence-electron chi connectivity index (χ0n) is 16.5. The number of anilines is 1. The first-order valence-electron chi connectivity index (χ1n) is 9.43. The van der Waals surface area contributed by atoms with Crippen molar-refractivity contribution in [2.75, 3.05) is 25.5 Å². The van der Waals surface area contributed by atoms with Crippen LogP contribution < -0.4 is 10.6 Å². The highest BCUT2D eigenvalue weighted by Crippen LogP contribution is 2.20. The SMILES string of the molecule is C[C@H](NC(=O)CN(C)CC(=O)Nc1ccc(F)cc1)c1ccc2ccccc2c1. The van der Waals surface area contributed by atoms with Crippen LogP contribution in [0, 0.1) is 5.82 Å². The first-order valence-corrected chi connectivity index (χ1v) is 9.43. The summed E-state index contributed by atoms with van der Waals surface area (Å²) in [4.78, 5) is 26.1. The monoisotopic (exact) mass is 393 g/mol. The lowest BCUT2D eigenvalue weighted by molar-refractivity contribution is -0.123. The summed E-state index contributed by atoms with van der Waals surface area (Å²) in [5.74, 6) is -0.797. The number of nitrogens with zero attached hydrogens (tertiary/aromatic N) is 1. The molecule has 0 aromatic heterocycles. The second-order valence-corrected chi connectivity index (χ2v) is 7.12. The number of halogens is 1. The first kappa shape index (κ1) is 20.5. The van der Waals surface area contributed by atoms with Crippen molar-refractivity contribution in [1.82, 2.24) is 10.2 Å². The van der Waals surface area contributed by atoms with E-state index < -0.39 is 0 Å². The average Bonchev–Trinajstić information content (AvgIpc) is 2.69. The van der Waals surface area contributed by atoms with Gasteiger partial charge in [-0.25, -0.2) is 4.39 Å². The predicted molar refractivity (Wildman–Crippen MR) is 113 cm³/mol. The van der Waals surface area contributed by atoms with Crippen LogP contribution in [0.3, 0.4) is 0 Å². The second-order valence-electron chi connectivity index (χ2n) is 7.12. The molecule has 150 valence electrons. The zero-order valence-corrected chi connectivity index (χ0v) is 16.5. The number of benzene rings is 3. The van der Waals surface area contributed by atoms with Gasteiger partial charge in [-0.3, -0.25) is 14.5 Å². The maximum absolute atomic E-state index is 12.9. The van der Waals surface area contributed by atoms with Crippen molar-refractivity contribution in [1.29, 1.82) is 0 Å². The number of rotatable bonds is 7. The minimum Gasteiger partial charge on any atom is -0.348 e. The van der Waals surface area contributed by atoms with Crippen molar-refractivity contribution in [3.05, 3.63) is 78.1 Å². The molecule has 0 unspecified atom stereocenters. The highest BCUT2D eigenvalue weighted by molar-refractivity contribution is 5.92. The molecule has 1 atom stereocenters. The number of fused-ring (bicyclic) bond motifs is 1. The average molecular weight is 393 g/mol. The van der Waals surface area contributed by atoms with Gasteiger partial charge in [0, 0.05) is 5.69 Å². The molecule has 0 spiro atoms. The van der Waals surface area contributed by atoms with E-state index in [4.69, 9.17) is 0 Å². The molecule has 0 bridgehead atoms. The van der Waals surface area contributed by atoms with Crippen LogP contribution in [-0.2, 0) is 9.59 Å². The molecule has 0 saturated heterocycles. The Kier molecular flexibility index (Phi) is 6.57. The third-order valence-electron chi connectivity index (χ3n) is 4.61. The van der Waals surface area contributed by atoms with Crippen molar-refractivity contribution in [3.8, 4) is 0 Å². The molecule has 0 aliphatic carbocycles. The maximum Gasteiger partial charge on any atom is 0.238 e. The van der Waals surface area contributed by atoms with E-state index in [1.165, 1.54) is 24.3 Å². The van der Waals surface area contributed by atoms with E-state index in [-0.39, 0.29) is 36.8 Å². The Hall–Kier alpha value is -3.25. The van der Waals surface area contributed by atoms with E-state index in [0.717, 1.165) is 16.3 Å². The van der Waals surface area contributed by atoms with Gasteiger partial charge in [0.25, 0.3) is 0 Å². The largest absolute Gasteiger partial charge is 0.348 e. The number of likely N-dealkylation sites (N-methyl/N-ethyl adjacent to an activating group) is 1. The summed E-state index contributed by atoms with van der Waals surface area (Å²) >= 11 is 0. The smallest absolute Gasteiger partial charge is 0.238 e. The molecular weight excluding hydrogens is 369 g/mol. The molecule has 2 N–H and O–H groups in total. The summed E-state index contributed by atoms with van der Waals surface area (Å²) in [5, 5.41) is 7.92. The summed E-state index contributed by atoms with van der Waals surface area (Å²) in [5.41, 5.74) is 1.54. The van der Waals surface area contributed by atoms with Crippen LogP contribution in [0.5, 0.6) is 0 Å². The van der Waals surface area contributed by atoms with Crippen LogP contribution in [0.25, 0.3) is 10.8 Å². The predicted octanol–water partition coefficient (Wildman–Crippen LogP) is 3.73. The second kappa shape index (κ2) is 9.30. The Bertz CT molecular complexity index is 1000. The standard InChI is InChI=1S/C23H24FN3O2/c1-16(18-8-7-17-5-3-4-6-19(17)13-18)25-22(28)14-27(2)15-23(29)26-21-11-9-20(24)10-12-21/h3-13,16H,14-15H2,1-2H3,(H,25,28)(H,26,29)/t16-/m0/s1. The molecule has 3 aromatic rings. The van der Waals surface area contributed by atoms with E-state index in [0.29, 0.717) is 5.69 Å². The highest BCUT2D eigenvalue weighted by atomic mass is 19.1. The van der Waals surface area contributed by atoms with Crippen LogP contribution >= 0.6 is 0 Å². The van der Waals surface area contributed by atoms with Gasteiger partial charge in [0.05, 0.1) is 19.1 Å². The van der Waals surface area contributed by atoms with Gasteiger partial charge in [0.15, 0.2) is 0 Å². The molecule has 3 aromatic carbocycles. The molecule has 0 saturated carbocycles. The quantitative estimate of drug-likeness (QED) is 0.643. The lowest BCUT2D eigenvalue weighted by Crippen LogP contribution is -2.39. The zero-order chi connectivity index (χ0) is 20.8. The van der Waals surface area contributed by atoms with Crippen LogP contribution in [0.15, 0.2) is 66.7 Å². The maximum atomic E-state index is 12.9. The van der Waals surface area contributed by atoms with Gasteiger partial charge in [0.1, 0.15) is 5.82 Å². The number of nitrogens with one attached hydrogen (secondary N) is 2. The van der Waals surface area contributed by atoms with Crippen molar-refractivity contribution in [2.24, 2.45) is 0 Å². The fraction of sp³-hybridized carbons (Fsp3) is 0.217. The fourth-order valence-electron chi connectivity index (χ4n) is 3.13. The van der Waals surface area contributed by atoms with Crippen LogP contribution in [-0.4, -0.2) is 36.9 Å². The molecular formula is C23H24FN3O2. The topological polar surface area (TPSA) is 61.4 Å². The molecule has 5 nitrogen and oxygen atoms in total. The Morgan fingerprint density at radius 1 is 0.931 bits per heavy atom. The summed E-state index contributed by atoms with van der Waals surface area (Å²) in [7, 11) is 1.70. The van der Waals surface area contributed by atoms with Gasteiger partial charge >= 0.3 is 0 Å². The number of carbonyl (C=O) groups is 2. The summed E-state index contributed by atoms with van der Waals surface area (Å²) in [6.45, 7) is 2.08. The molecule has 0 aliphatic heterocycles. The molecule has 2 amide bonds. The van der Waals surface area contributed by atoms with Crippen molar-refractivity contribution >= 4 is 28.3 Å². The van der Waals surface area contributed by atoms with E-state index in [2.05, 4.69) is 16.7 Å². The third-order valence-corrected chi connectivity index (χ3v) is 4.61. The van der Waals surface area contributed by atoms with Gasteiger partial charge in [-0.15, -0.1) is 0 Å². The Morgan fingerprint density at radius 3 is 2.31 bits per heavy atom. The first-order chi connectivity index (χ1) is 13.9. The fourth-order valence-corrected chi connectivity index (χ4v) is 3.13. The van der Waals surface area contributed by atoms with Crippen LogP contribution in [0.1, 0.15) is 18.5 Å². The van der Waals surface area contributed by atoms with Gasteiger partial charge in [-0.05, 0) is 60.6 Å². The molecule has 3 rings (SSSR count). The lowest BCUT2D eigenvalue weighted by atomic mass is 10.0. The summed E-state index contributed by atoms with van der Waals surface area (Å²) < 4.78 is 12.9. The van der Waals surface area contributed by atoms with Gasteiger partial charge in [0.2, 0.25) is 11.8 Å². The van der Waals surface area contributed by atoms with E-state index in [9.17, 15) is 14.0 Å². The minimum absolute atomic E-state index is 0.0507. The number of carbonyl (C=O) groups excluding carboxylic acids is 2. The molecule has 29 heavy (non-hydrogen) atoms. The molecule has 6 heteroatoms. The van der Waals surface area contributed by atoms with Crippen LogP contribution in [0.4, 0.5) is 10.1 Å².